The number of aryl methyl sites for hydroxylation is 1. The van der Waals surface area contributed by atoms with E-state index in [1.54, 1.807) is 0 Å². The largest absolute Gasteiger partial charge is 0.480 e. The normalized spacial score (nSPS) is 19.4. The minimum absolute atomic E-state index is 0.106. The molecule has 0 unspecified atom stereocenters. The van der Waals surface area contributed by atoms with E-state index in [-0.39, 0.29) is 11.3 Å². The standard InChI is InChI=1S/C14H20N2O3S/c1-8-10(20-13(15-8)14(2,3)4)11(17)16-7-5-6-9(16)12(18)19/h9H,5-7H2,1-4H3,(H,18,19)/t9-/m0/s1. The van der Waals surface area contributed by atoms with Crippen LogP contribution in [-0.4, -0.2) is 39.5 Å². The second-order valence-corrected chi connectivity index (χ2v) is 7.18. The summed E-state index contributed by atoms with van der Waals surface area (Å²) in [6, 6.07) is -0.693. The molecule has 1 atom stereocenters. The van der Waals surface area contributed by atoms with Crippen LogP contribution in [0.4, 0.5) is 0 Å². The summed E-state index contributed by atoms with van der Waals surface area (Å²) in [5.74, 6) is -1.12. The third-order valence-corrected chi connectivity index (χ3v) is 5.00. The van der Waals surface area contributed by atoms with Crippen molar-refractivity contribution in [3.8, 4) is 0 Å². The Morgan fingerprint density at radius 2 is 2.05 bits per heavy atom. The fraction of sp³-hybridized carbons (Fsp3) is 0.643. The van der Waals surface area contributed by atoms with Crippen molar-refractivity contribution < 1.29 is 14.7 Å². The van der Waals surface area contributed by atoms with E-state index in [2.05, 4.69) is 25.8 Å². The lowest BCUT2D eigenvalue weighted by atomic mass is 9.98. The van der Waals surface area contributed by atoms with E-state index < -0.39 is 12.0 Å². The van der Waals surface area contributed by atoms with Crippen molar-refractivity contribution in [1.29, 1.82) is 0 Å². The maximum absolute atomic E-state index is 12.6. The maximum atomic E-state index is 12.6. The van der Waals surface area contributed by atoms with Crippen LogP contribution in [0.15, 0.2) is 0 Å². The van der Waals surface area contributed by atoms with E-state index in [1.807, 2.05) is 6.92 Å². The van der Waals surface area contributed by atoms with Crippen LogP contribution < -0.4 is 0 Å². The summed E-state index contributed by atoms with van der Waals surface area (Å²) in [5, 5.41) is 10.1. The Morgan fingerprint density at radius 1 is 1.40 bits per heavy atom. The fourth-order valence-electron chi connectivity index (χ4n) is 2.31. The van der Waals surface area contributed by atoms with E-state index in [9.17, 15) is 14.7 Å². The lowest BCUT2D eigenvalue weighted by Crippen LogP contribution is -2.40. The summed E-state index contributed by atoms with van der Waals surface area (Å²) in [6.07, 6.45) is 1.28. The van der Waals surface area contributed by atoms with Crippen LogP contribution in [-0.2, 0) is 10.2 Å². The molecule has 0 radical (unpaired) electrons. The molecular formula is C14H20N2O3S. The predicted molar refractivity (Wildman–Crippen MR) is 77.2 cm³/mol. The molecule has 1 aromatic heterocycles. The van der Waals surface area contributed by atoms with Gasteiger partial charge >= 0.3 is 5.97 Å². The van der Waals surface area contributed by atoms with Gasteiger partial charge in [-0.2, -0.15) is 0 Å². The Hall–Kier alpha value is -1.43. The summed E-state index contributed by atoms with van der Waals surface area (Å²) < 4.78 is 0. The number of nitrogens with zero attached hydrogens (tertiary/aromatic N) is 2. The summed E-state index contributed by atoms with van der Waals surface area (Å²) in [5.41, 5.74) is 0.589. The van der Waals surface area contributed by atoms with E-state index >= 15 is 0 Å². The molecule has 1 fully saturated rings. The van der Waals surface area contributed by atoms with Crippen LogP contribution in [0.2, 0.25) is 0 Å². The molecule has 20 heavy (non-hydrogen) atoms. The number of hydrogen-bond donors (Lipinski definition) is 1. The summed E-state index contributed by atoms with van der Waals surface area (Å²) in [6.45, 7) is 8.48. The molecule has 0 spiro atoms. The van der Waals surface area contributed by atoms with Gasteiger partial charge < -0.3 is 10.0 Å². The van der Waals surface area contributed by atoms with Crippen LogP contribution in [0.1, 0.15) is 54.0 Å². The first-order valence-corrected chi connectivity index (χ1v) is 7.55. The molecule has 0 aromatic carbocycles. The number of likely N-dealkylation sites (tertiary alicyclic amines) is 1. The predicted octanol–water partition coefficient (Wildman–Crippen LogP) is 2.44. The Kier molecular flexibility index (Phi) is 3.86. The van der Waals surface area contributed by atoms with Crippen molar-refractivity contribution in [1.82, 2.24) is 9.88 Å². The van der Waals surface area contributed by atoms with E-state index in [4.69, 9.17) is 0 Å². The molecule has 1 aromatic rings. The van der Waals surface area contributed by atoms with Crippen molar-refractivity contribution in [2.45, 2.75) is 52.0 Å². The molecule has 1 N–H and O–H groups in total. The molecule has 0 saturated carbocycles. The van der Waals surface area contributed by atoms with Gasteiger partial charge in [-0.1, -0.05) is 20.8 Å². The zero-order valence-electron chi connectivity index (χ0n) is 12.3. The highest BCUT2D eigenvalue weighted by atomic mass is 32.1. The Morgan fingerprint density at radius 3 is 2.55 bits per heavy atom. The number of aliphatic carboxylic acids is 1. The van der Waals surface area contributed by atoms with Gasteiger partial charge in [0.2, 0.25) is 0 Å². The zero-order chi connectivity index (χ0) is 15.1. The second kappa shape index (κ2) is 5.16. The minimum atomic E-state index is -0.922. The second-order valence-electron chi connectivity index (χ2n) is 6.18. The summed E-state index contributed by atoms with van der Waals surface area (Å²) in [4.78, 5) is 30.3. The monoisotopic (exact) mass is 296 g/mol. The maximum Gasteiger partial charge on any atom is 0.326 e. The van der Waals surface area contributed by atoms with Crippen LogP contribution in [0, 0.1) is 6.92 Å². The lowest BCUT2D eigenvalue weighted by Gasteiger charge is -2.20. The molecule has 0 aliphatic carbocycles. The quantitative estimate of drug-likeness (QED) is 0.910. The Balaban J connectivity index is 2.30. The SMILES string of the molecule is Cc1nc(C(C)(C)C)sc1C(=O)N1CCC[C@H]1C(=O)O. The van der Waals surface area contributed by atoms with Gasteiger partial charge in [0.05, 0.1) is 10.7 Å². The van der Waals surface area contributed by atoms with E-state index in [0.29, 0.717) is 23.5 Å². The van der Waals surface area contributed by atoms with Gasteiger partial charge in [0.1, 0.15) is 10.9 Å². The zero-order valence-corrected chi connectivity index (χ0v) is 13.1. The lowest BCUT2D eigenvalue weighted by molar-refractivity contribution is -0.141. The average Bonchev–Trinajstić information content (AvgIpc) is 2.92. The van der Waals surface area contributed by atoms with Crippen molar-refractivity contribution >= 4 is 23.2 Å². The number of carboxylic acid groups (broad SMARTS) is 1. The molecule has 1 aliphatic rings. The number of carbonyl (C=O) groups excluding carboxylic acids is 1. The molecule has 1 saturated heterocycles. The third-order valence-electron chi connectivity index (χ3n) is 3.43. The van der Waals surface area contributed by atoms with Crippen molar-refractivity contribution in [3.05, 3.63) is 15.6 Å². The molecule has 2 heterocycles. The average molecular weight is 296 g/mol. The molecule has 1 aliphatic heterocycles. The summed E-state index contributed by atoms with van der Waals surface area (Å²) in [7, 11) is 0. The topological polar surface area (TPSA) is 70.5 Å². The number of aromatic nitrogens is 1. The first-order chi connectivity index (χ1) is 9.21. The van der Waals surface area contributed by atoms with Gasteiger partial charge in [-0.05, 0) is 19.8 Å². The van der Waals surface area contributed by atoms with Crippen molar-refractivity contribution in [2.75, 3.05) is 6.54 Å². The fourth-order valence-corrected chi connectivity index (χ4v) is 3.39. The number of rotatable bonds is 2. The molecule has 6 heteroatoms. The molecule has 110 valence electrons. The van der Waals surface area contributed by atoms with Gasteiger partial charge in [0, 0.05) is 12.0 Å². The molecule has 1 amide bonds. The van der Waals surface area contributed by atoms with Gasteiger partial charge in [-0.25, -0.2) is 9.78 Å². The molecule has 0 bridgehead atoms. The van der Waals surface area contributed by atoms with Crippen LogP contribution in [0.5, 0.6) is 0 Å². The van der Waals surface area contributed by atoms with Gasteiger partial charge in [-0.3, -0.25) is 4.79 Å². The number of carbonyl (C=O) groups is 2. The first kappa shape index (κ1) is 15.0. The third kappa shape index (κ3) is 2.70. The van der Waals surface area contributed by atoms with Gasteiger partial charge in [-0.15, -0.1) is 11.3 Å². The van der Waals surface area contributed by atoms with Crippen molar-refractivity contribution in [3.63, 3.8) is 0 Å². The van der Waals surface area contributed by atoms with Crippen molar-refractivity contribution in [2.24, 2.45) is 0 Å². The molecule has 2 rings (SSSR count). The van der Waals surface area contributed by atoms with Gasteiger partial charge in [0.15, 0.2) is 0 Å². The van der Waals surface area contributed by atoms with E-state index in [1.165, 1.54) is 16.2 Å². The molecular weight excluding hydrogens is 276 g/mol. The van der Waals surface area contributed by atoms with E-state index in [0.717, 1.165) is 11.4 Å². The minimum Gasteiger partial charge on any atom is -0.480 e. The number of hydrogen-bond acceptors (Lipinski definition) is 4. The number of carboxylic acids is 1. The molecule has 5 nitrogen and oxygen atoms in total. The first-order valence-electron chi connectivity index (χ1n) is 6.73. The van der Waals surface area contributed by atoms with Crippen LogP contribution >= 0.6 is 11.3 Å². The van der Waals surface area contributed by atoms with Crippen LogP contribution in [0.3, 0.4) is 0 Å². The highest BCUT2D eigenvalue weighted by molar-refractivity contribution is 7.14. The Bertz CT molecular complexity index is 545. The highest BCUT2D eigenvalue weighted by Crippen LogP contribution is 2.31. The Labute approximate surface area is 122 Å². The summed E-state index contributed by atoms with van der Waals surface area (Å²) >= 11 is 1.38. The van der Waals surface area contributed by atoms with Crippen LogP contribution in [0.25, 0.3) is 0 Å². The smallest absolute Gasteiger partial charge is 0.326 e. The van der Waals surface area contributed by atoms with Gasteiger partial charge in [0.25, 0.3) is 5.91 Å². The highest BCUT2D eigenvalue weighted by Gasteiger charge is 2.36. The number of amides is 1. The number of thiazole rings is 1.